The lowest BCUT2D eigenvalue weighted by Gasteiger charge is -2.08. The Kier molecular flexibility index (Phi) is 3.60. The van der Waals surface area contributed by atoms with Gasteiger partial charge in [0.2, 0.25) is 0 Å². The molecule has 1 aromatic carbocycles. The summed E-state index contributed by atoms with van der Waals surface area (Å²) < 4.78 is 12.9. The van der Waals surface area contributed by atoms with Crippen molar-refractivity contribution in [2.24, 2.45) is 0 Å². The molecule has 7 heteroatoms. The van der Waals surface area contributed by atoms with Crippen molar-refractivity contribution in [1.82, 2.24) is 9.97 Å². The number of halogens is 3. The highest BCUT2D eigenvalue weighted by molar-refractivity contribution is 6.33. The fraction of sp³-hybridized carbons (Fsp3) is 0. The van der Waals surface area contributed by atoms with E-state index in [2.05, 4.69) is 15.3 Å². The molecule has 0 saturated heterocycles. The maximum atomic E-state index is 12.9. The maximum absolute atomic E-state index is 12.9. The molecule has 0 aliphatic heterocycles. The van der Waals surface area contributed by atoms with Gasteiger partial charge in [-0.15, -0.1) is 0 Å². The van der Waals surface area contributed by atoms with Gasteiger partial charge in [0.25, 0.3) is 0 Å². The van der Waals surface area contributed by atoms with Crippen molar-refractivity contribution in [2.75, 3.05) is 5.32 Å². The van der Waals surface area contributed by atoms with E-state index in [4.69, 9.17) is 28.5 Å². The highest BCUT2D eigenvalue weighted by Crippen LogP contribution is 2.28. The van der Waals surface area contributed by atoms with Crippen molar-refractivity contribution in [3.05, 3.63) is 46.1 Å². The molecule has 0 saturated carbocycles. The van der Waals surface area contributed by atoms with E-state index >= 15 is 0 Å². The third-order valence-corrected chi connectivity index (χ3v) is 2.70. The molecule has 1 heterocycles. The number of nitrogens with one attached hydrogen (secondary N) is 1. The van der Waals surface area contributed by atoms with Gasteiger partial charge < -0.3 is 5.32 Å². The first-order chi connectivity index (χ1) is 8.61. The summed E-state index contributed by atoms with van der Waals surface area (Å²) in [4.78, 5) is 7.58. The van der Waals surface area contributed by atoms with Gasteiger partial charge in [0.15, 0.2) is 11.0 Å². The van der Waals surface area contributed by atoms with Crippen molar-refractivity contribution >= 4 is 34.7 Å². The molecular weight excluding hydrogens is 278 g/mol. The SMILES string of the molecule is N#Cc1c(Cl)ncnc1Nc1ccc(F)cc1Cl. The number of hydrogen-bond acceptors (Lipinski definition) is 4. The van der Waals surface area contributed by atoms with Gasteiger partial charge in [-0.25, -0.2) is 14.4 Å². The third kappa shape index (κ3) is 2.50. The van der Waals surface area contributed by atoms with Crippen LogP contribution in [0.1, 0.15) is 5.56 Å². The number of benzene rings is 1. The Labute approximate surface area is 112 Å². The van der Waals surface area contributed by atoms with Crippen molar-refractivity contribution < 1.29 is 4.39 Å². The van der Waals surface area contributed by atoms with Crippen LogP contribution in [-0.2, 0) is 0 Å². The molecule has 1 N–H and O–H groups in total. The minimum absolute atomic E-state index is 0.0354. The van der Waals surface area contributed by atoms with Crippen LogP contribution in [0.3, 0.4) is 0 Å². The Hall–Kier alpha value is -1.90. The summed E-state index contributed by atoms with van der Waals surface area (Å²) in [5.74, 6) is -0.238. The molecule has 0 aliphatic rings. The first kappa shape index (κ1) is 12.6. The zero-order valence-corrected chi connectivity index (χ0v) is 10.3. The second kappa shape index (κ2) is 5.17. The fourth-order valence-electron chi connectivity index (χ4n) is 1.28. The zero-order valence-electron chi connectivity index (χ0n) is 8.78. The first-order valence-electron chi connectivity index (χ1n) is 4.74. The van der Waals surface area contributed by atoms with Crippen LogP contribution in [0.5, 0.6) is 0 Å². The zero-order chi connectivity index (χ0) is 13.1. The van der Waals surface area contributed by atoms with Crippen LogP contribution in [0.25, 0.3) is 0 Å². The van der Waals surface area contributed by atoms with Gasteiger partial charge in [-0.1, -0.05) is 23.2 Å². The van der Waals surface area contributed by atoms with E-state index in [1.165, 1.54) is 18.5 Å². The van der Waals surface area contributed by atoms with Crippen LogP contribution in [0.4, 0.5) is 15.9 Å². The summed E-state index contributed by atoms with van der Waals surface area (Å²) in [5, 5.41) is 12.0. The lowest BCUT2D eigenvalue weighted by Crippen LogP contribution is -1.99. The number of hydrogen-bond donors (Lipinski definition) is 1. The first-order valence-corrected chi connectivity index (χ1v) is 5.50. The standard InChI is InChI=1S/C11H5Cl2FN4/c12-8-3-6(14)1-2-9(8)18-11-7(4-15)10(13)16-5-17-11/h1-3,5H,(H,16,17,18). The van der Waals surface area contributed by atoms with Crippen LogP contribution < -0.4 is 5.32 Å². The molecule has 0 unspecified atom stereocenters. The van der Waals surface area contributed by atoms with Crippen LogP contribution >= 0.6 is 23.2 Å². The maximum Gasteiger partial charge on any atom is 0.153 e. The summed E-state index contributed by atoms with van der Waals surface area (Å²) >= 11 is 11.6. The van der Waals surface area contributed by atoms with Crippen LogP contribution in [0, 0.1) is 17.1 Å². The molecule has 4 nitrogen and oxygen atoms in total. The van der Waals surface area contributed by atoms with Crippen molar-refractivity contribution in [3.8, 4) is 6.07 Å². The van der Waals surface area contributed by atoms with E-state index in [0.717, 1.165) is 6.07 Å². The molecule has 0 aliphatic carbocycles. The molecule has 2 aromatic rings. The van der Waals surface area contributed by atoms with E-state index in [1.54, 1.807) is 0 Å². The molecular formula is C11H5Cl2FN4. The largest absolute Gasteiger partial charge is 0.338 e. The molecule has 0 atom stereocenters. The number of rotatable bonds is 2. The molecule has 2 rings (SSSR count). The Morgan fingerprint density at radius 2 is 2.06 bits per heavy atom. The molecule has 0 fully saturated rings. The molecule has 0 amide bonds. The normalized spacial score (nSPS) is 9.89. The van der Waals surface area contributed by atoms with E-state index in [9.17, 15) is 4.39 Å². The number of aromatic nitrogens is 2. The van der Waals surface area contributed by atoms with E-state index in [1.807, 2.05) is 6.07 Å². The molecule has 0 bridgehead atoms. The van der Waals surface area contributed by atoms with E-state index in [0.29, 0.717) is 5.69 Å². The minimum atomic E-state index is -0.452. The molecule has 1 aromatic heterocycles. The quantitative estimate of drug-likeness (QED) is 0.856. The van der Waals surface area contributed by atoms with Crippen LogP contribution in [-0.4, -0.2) is 9.97 Å². The highest BCUT2D eigenvalue weighted by atomic mass is 35.5. The van der Waals surface area contributed by atoms with E-state index in [-0.39, 0.29) is 21.6 Å². The average molecular weight is 283 g/mol. The summed E-state index contributed by atoms with van der Waals surface area (Å²) in [6.07, 6.45) is 1.21. The topological polar surface area (TPSA) is 61.6 Å². The fourth-order valence-corrected chi connectivity index (χ4v) is 1.67. The Balaban J connectivity index is 2.41. The minimum Gasteiger partial charge on any atom is -0.338 e. The summed E-state index contributed by atoms with van der Waals surface area (Å²) in [6, 6.07) is 5.71. The van der Waals surface area contributed by atoms with Gasteiger partial charge >= 0.3 is 0 Å². The lowest BCUT2D eigenvalue weighted by atomic mass is 10.3. The molecule has 18 heavy (non-hydrogen) atoms. The van der Waals surface area contributed by atoms with Gasteiger partial charge in [0.1, 0.15) is 23.8 Å². The monoisotopic (exact) mass is 282 g/mol. The van der Waals surface area contributed by atoms with Gasteiger partial charge in [-0.05, 0) is 18.2 Å². The summed E-state index contributed by atoms with van der Waals surface area (Å²) in [7, 11) is 0. The van der Waals surface area contributed by atoms with Crippen molar-refractivity contribution in [1.29, 1.82) is 5.26 Å². The van der Waals surface area contributed by atoms with Crippen molar-refractivity contribution in [3.63, 3.8) is 0 Å². The number of nitriles is 1. The van der Waals surface area contributed by atoms with Crippen LogP contribution in [0.15, 0.2) is 24.5 Å². The highest BCUT2D eigenvalue weighted by Gasteiger charge is 2.11. The number of nitrogens with zero attached hydrogens (tertiary/aromatic N) is 3. The average Bonchev–Trinajstić information content (AvgIpc) is 2.33. The summed E-state index contributed by atoms with van der Waals surface area (Å²) in [6.45, 7) is 0. The van der Waals surface area contributed by atoms with Gasteiger partial charge in [0, 0.05) is 0 Å². The van der Waals surface area contributed by atoms with Gasteiger partial charge in [-0.3, -0.25) is 0 Å². The summed E-state index contributed by atoms with van der Waals surface area (Å²) in [5.41, 5.74) is 0.517. The van der Waals surface area contributed by atoms with Crippen LogP contribution in [0.2, 0.25) is 10.2 Å². The number of anilines is 2. The Morgan fingerprint density at radius 1 is 1.28 bits per heavy atom. The Morgan fingerprint density at radius 3 is 2.72 bits per heavy atom. The third-order valence-electron chi connectivity index (χ3n) is 2.10. The van der Waals surface area contributed by atoms with Gasteiger partial charge in [0.05, 0.1) is 10.7 Å². The second-order valence-electron chi connectivity index (χ2n) is 3.25. The predicted molar refractivity (Wildman–Crippen MR) is 66.4 cm³/mol. The smallest absolute Gasteiger partial charge is 0.153 e. The van der Waals surface area contributed by atoms with E-state index < -0.39 is 5.82 Å². The molecule has 0 spiro atoms. The Bertz CT molecular complexity index is 639. The lowest BCUT2D eigenvalue weighted by molar-refractivity contribution is 0.628. The molecule has 0 radical (unpaired) electrons. The van der Waals surface area contributed by atoms with Crippen molar-refractivity contribution in [2.45, 2.75) is 0 Å². The molecule has 90 valence electrons. The predicted octanol–water partition coefficient (Wildman–Crippen LogP) is 3.54. The van der Waals surface area contributed by atoms with Gasteiger partial charge in [-0.2, -0.15) is 5.26 Å². The second-order valence-corrected chi connectivity index (χ2v) is 4.01.